The van der Waals surface area contributed by atoms with E-state index in [0.29, 0.717) is 12.3 Å². The van der Waals surface area contributed by atoms with E-state index in [9.17, 15) is 4.21 Å². The lowest BCUT2D eigenvalue weighted by molar-refractivity contribution is 0.682. The van der Waals surface area contributed by atoms with Crippen molar-refractivity contribution >= 4 is 16.5 Å². The minimum atomic E-state index is -1.05. The number of aromatic amines is 1. The summed E-state index contributed by atoms with van der Waals surface area (Å²) < 4.78 is 12.5. The first-order valence-electron chi connectivity index (χ1n) is 9.13. The minimum absolute atomic E-state index is 0.498. The van der Waals surface area contributed by atoms with Gasteiger partial charge in [0.2, 0.25) is 0 Å². The molecule has 140 valence electrons. The van der Waals surface area contributed by atoms with Crippen LogP contribution in [0.5, 0.6) is 0 Å². The Balaban J connectivity index is 1.39. The number of nitrogens with one attached hydrogen (secondary N) is 2. The average molecular weight is 388 g/mol. The maximum atomic E-state index is 12.5. The Morgan fingerprint density at radius 1 is 0.893 bits per heavy atom. The predicted octanol–water partition coefficient (Wildman–Crippen LogP) is 5.00. The summed E-state index contributed by atoms with van der Waals surface area (Å²) in [6, 6.07) is 27.8. The second-order valence-corrected chi connectivity index (χ2v) is 7.92. The number of imidazole rings is 1. The first kappa shape index (κ1) is 18.2. The molecule has 0 aliphatic heterocycles. The fourth-order valence-electron chi connectivity index (χ4n) is 2.98. The molecule has 0 fully saturated rings. The lowest BCUT2D eigenvalue weighted by Crippen LogP contribution is -2.02. The van der Waals surface area contributed by atoms with E-state index < -0.39 is 10.8 Å². The van der Waals surface area contributed by atoms with E-state index in [1.807, 2.05) is 79.0 Å². The lowest BCUT2D eigenvalue weighted by Gasteiger charge is -2.08. The number of benzene rings is 3. The molecule has 0 spiro atoms. The van der Waals surface area contributed by atoms with E-state index in [2.05, 4.69) is 27.4 Å². The monoisotopic (exact) mass is 387 g/mol. The van der Waals surface area contributed by atoms with Crippen molar-refractivity contribution in [2.75, 3.05) is 5.32 Å². The van der Waals surface area contributed by atoms with Crippen molar-refractivity contribution in [1.82, 2.24) is 9.97 Å². The molecule has 0 aliphatic rings. The smallest absolute Gasteiger partial charge is 0.125 e. The number of rotatable bonds is 7. The molecule has 28 heavy (non-hydrogen) atoms. The highest BCUT2D eigenvalue weighted by molar-refractivity contribution is 7.84. The normalized spacial score (nSPS) is 11.9. The summed E-state index contributed by atoms with van der Waals surface area (Å²) in [5.41, 5.74) is 4.15. The summed E-state index contributed by atoms with van der Waals surface area (Å²) in [6.45, 7) is 0.595. The van der Waals surface area contributed by atoms with Gasteiger partial charge < -0.3 is 10.3 Å². The van der Waals surface area contributed by atoms with Crippen LogP contribution in [0.2, 0.25) is 0 Å². The highest BCUT2D eigenvalue weighted by atomic mass is 32.2. The van der Waals surface area contributed by atoms with Crippen LogP contribution in [-0.2, 0) is 23.1 Å². The van der Waals surface area contributed by atoms with Crippen LogP contribution in [0.1, 0.15) is 11.4 Å². The summed E-state index contributed by atoms with van der Waals surface area (Å²) in [4.78, 5) is 8.65. The second-order valence-electron chi connectivity index (χ2n) is 6.47. The van der Waals surface area contributed by atoms with Crippen molar-refractivity contribution in [3.8, 4) is 11.3 Å². The summed E-state index contributed by atoms with van der Waals surface area (Å²) >= 11 is 0. The number of H-pyrrole nitrogens is 1. The molecule has 1 heterocycles. The molecule has 1 atom stereocenters. The molecule has 0 radical (unpaired) electrons. The van der Waals surface area contributed by atoms with Gasteiger partial charge in [0.1, 0.15) is 5.82 Å². The van der Waals surface area contributed by atoms with Crippen LogP contribution in [-0.4, -0.2) is 14.2 Å². The van der Waals surface area contributed by atoms with Gasteiger partial charge in [-0.15, -0.1) is 0 Å². The van der Waals surface area contributed by atoms with E-state index in [-0.39, 0.29) is 0 Å². The van der Waals surface area contributed by atoms with Crippen LogP contribution in [0.3, 0.4) is 0 Å². The van der Waals surface area contributed by atoms with Crippen molar-refractivity contribution in [3.63, 3.8) is 0 Å². The van der Waals surface area contributed by atoms with E-state index in [1.54, 1.807) is 0 Å². The van der Waals surface area contributed by atoms with Crippen LogP contribution in [0, 0.1) is 0 Å². The van der Waals surface area contributed by atoms with E-state index in [4.69, 9.17) is 0 Å². The van der Waals surface area contributed by atoms with Crippen molar-refractivity contribution in [2.45, 2.75) is 17.2 Å². The Hall–Kier alpha value is -3.18. The molecule has 4 nitrogen and oxygen atoms in total. The average Bonchev–Trinajstić information content (AvgIpc) is 3.23. The molecule has 0 aliphatic carbocycles. The van der Waals surface area contributed by atoms with Gasteiger partial charge in [0.25, 0.3) is 0 Å². The standard InChI is InChI=1S/C23H21N3OS/c27-28(21-12-5-2-6-13-21)17-18-8-7-11-20(14-18)24-16-23-25-15-22(26-23)19-9-3-1-4-10-19/h1-15,24H,16-17H2,(H,25,26)/t28-/m0/s1. The van der Waals surface area contributed by atoms with Crippen molar-refractivity contribution in [1.29, 1.82) is 0 Å². The number of aromatic nitrogens is 2. The van der Waals surface area contributed by atoms with Crippen LogP contribution in [0.25, 0.3) is 11.3 Å². The van der Waals surface area contributed by atoms with Gasteiger partial charge in [-0.25, -0.2) is 4.98 Å². The quantitative estimate of drug-likeness (QED) is 0.469. The van der Waals surface area contributed by atoms with Gasteiger partial charge in [-0.1, -0.05) is 60.7 Å². The molecule has 0 saturated heterocycles. The number of hydrogen-bond donors (Lipinski definition) is 2. The molecular formula is C23H21N3OS. The van der Waals surface area contributed by atoms with E-state index in [0.717, 1.165) is 33.2 Å². The fourth-order valence-corrected chi connectivity index (χ4v) is 4.09. The largest absolute Gasteiger partial charge is 0.378 e. The van der Waals surface area contributed by atoms with Crippen LogP contribution in [0.15, 0.2) is 96.0 Å². The van der Waals surface area contributed by atoms with Gasteiger partial charge in [-0.3, -0.25) is 4.21 Å². The van der Waals surface area contributed by atoms with Crippen molar-refractivity contribution in [2.24, 2.45) is 0 Å². The third-order valence-electron chi connectivity index (χ3n) is 4.40. The molecule has 2 N–H and O–H groups in total. The minimum Gasteiger partial charge on any atom is -0.378 e. The van der Waals surface area contributed by atoms with Gasteiger partial charge in [0.15, 0.2) is 0 Å². The first-order chi connectivity index (χ1) is 13.8. The summed E-state index contributed by atoms with van der Waals surface area (Å²) in [5, 5.41) is 3.39. The zero-order valence-corrected chi connectivity index (χ0v) is 16.2. The topological polar surface area (TPSA) is 57.8 Å². The SMILES string of the molecule is O=[S@@](Cc1cccc(NCc2ncc(-c3ccccc3)[nH]2)c1)c1ccccc1. The molecule has 3 aromatic carbocycles. The second kappa shape index (κ2) is 8.67. The summed E-state index contributed by atoms with van der Waals surface area (Å²) in [5.74, 6) is 1.37. The molecule has 0 amide bonds. The van der Waals surface area contributed by atoms with Gasteiger partial charge in [0.05, 0.1) is 35.0 Å². The molecule has 0 unspecified atom stereocenters. The zero-order chi connectivity index (χ0) is 19.2. The highest BCUT2D eigenvalue weighted by Crippen LogP contribution is 2.18. The third kappa shape index (κ3) is 4.56. The van der Waals surface area contributed by atoms with E-state index >= 15 is 0 Å². The Morgan fingerprint density at radius 2 is 1.64 bits per heavy atom. The molecule has 4 aromatic rings. The Morgan fingerprint density at radius 3 is 2.43 bits per heavy atom. The predicted molar refractivity (Wildman–Crippen MR) is 114 cm³/mol. The number of hydrogen-bond acceptors (Lipinski definition) is 3. The molecular weight excluding hydrogens is 366 g/mol. The molecule has 1 aromatic heterocycles. The van der Waals surface area contributed by atoms with Crippen LogP contribution < -0.4 is 5.32 Å². The fraction of sp³-hybridized carbons (Fsp3) is 0.0870. The first-order valence-corrected chi connectivity index (χ1v) is 10.5. The van der Waals surface area contributed by atoms with Crippen LogP contribution >= 0.6 is 0 Å². The maximum Gasteiger partial charge on any atom is 0.125 e. The third-order valence-corrected chi connectivity index (χ3v) is 5.80. The Bertz CT molecular complexity index is 1060. The Labute approximate surface area is 167 Å². The van der Waals surface area contributed by atoms with Gasteiger partial charge in [-0.2, -0.15) is 0 Å². The van der Waals surface area contributed by atoms with Gasteiger partial charge in [-0.05, 0) is 35.4 Å². The maximum absolute atomic E-state index is 12.5. The van der Waals surface area contributed by atoms with Crippen LogP contribution in [0.4, 0.5) is 5.69 Å². The number of anilines is 1. The molecule has 0 saturated carbocycles. The zero-order valence-electron chi connectivity index (χ0n) is 15.3. The summed E-state index contributed by atoms with van der Waals surface area (Å²) in [6.07, 6.45) is 1.85. The van der Waals surface area contributed by atoms with E-state index in [1.165, 1.54) is 0 Å². The molecule has 0 bridgehead atoms. The Kier molecular flexibility index (Phi) is 5.64. The molecule has 4 rings (SSSR count). The van der Waals surface area contributed by atoms with Gasteiger partial charge in [0, 0.05) is 10.6 Å². The lowest BCUT2D eigenvalue weighted by atomic mass is 10.2. The summed E-state index contributed by atoms with van der Waals surface area (Å²) in [7, 11) is -1.05. The van der Waals surface area contributed by atoms with Crippen molar-refractivity contribution < 1.29 is 4.21 Å². The highest BCUT2D eigenvalue weighted by Gasteiger charge is 2.06. The number of nitrogens with zero attached hydrogens (tertiary/aromatic N) is 1. The van der Waals surface area contributed by atoms with Crippen molar-refractivity contribution in [3.05, 3.63) is 103 Å². The van der Waals surface area contributed by atoms with Gasteiger partial charge >= 0.3 is 0 Å². The molecule has 5 heteroatoms.